The van der Waals surface area contributed by atoms with Gasteiger partial charge in [0.25, 0.3) is 0 Å². The van der Waals surface area contributed by atoms with E-state index in [1.807, 2.05) is 24.4 Å². The molecule has 0 saturated carbocycles. The van der Waals surface area contributed by atoms with Crippen molar-refractivity contribution < 1.29 is 0 Å². The van der Waals surface area contributed by atoms with E-state index in [4.69, 9.17) is 11.6 Å². The average Bonchev–Trinajstić information content (AvgIpc) is 2.43. The molecule has 1 unspecified atom stereocenters. The molecule has 106 valence electrons. The third-order valence-corrected chi connectivity index (χ3v) is 3.70. The third kappa shape index (κ3) is 4.32. The van der Waals surface area contributed by atoms with Crippen LogP contribution in [0.25, 0.3) is 0 Å². The molecule has 1 atom stereocenters. The van der Waals surface area contributed by atoms with E-state index in [1.165, 1.54) is 11.1 Å². The Hall–Kier alpha value is -1.38. The van der Waals surface area contributed by atoms with E-state index in [1.54, 1.807) is 0 Å². The highest BCUT2D eigenvalue weighted by atomic mass is 35.5. The van der Waals surface area contributed by atoms with Crippen molar-refractivity contribution in [3.63, 3.8) is 0 Å². The fourth-order valence-electron chi connectivity index (χ4n) is 2.36. The van der Waals surface area contributed by atoms with Crippen molar-refractivity contribution in [2.45, 2.75) is 32.7 Å². The molecule has 20 heavy (non-hydrogen) atoms. The summed E-state index contributed by atoms with van der Waals surface area (Å²) in [6.45, 7) is 5.13. The van der Waals surface area contributed by atoms with Crippen LogP contribution in [0.1, 0.15) is 23.7 Å². The van der Waals surface area contributed by atoms with E-state index >= 15 is 0 Å². The minimum atomic E-state index is 0.357. The molecule has 0 bridgehead atoms. The summed E-state index contributed by atoms with van der Waals surface area (Å²) in [6.07, 6.45) is 3.68. The Morgan fingerprint density at radius 1 is 1.20 bits per heavy atom. The first-order chi connectivity index (χ1) is 9.69. The highest BCUT2D eigenvalue weighted by molar-refractivity contribution is 6.31. The Kier molecular flexibility index (Phi) is 5.57. The van der Waals surface area contributed by atoms with Gasteiger partial charge in [0, 0.05) is 29.4 Å². The van der Waals surface area contributed by atoms with Crippen molar-refractivity contribution in [2.24, 2.45) is 0 Å². The maximum atomic E-state index is 6.33. The fourth-order valence-corrected chi connectivity index (χ4v) is 2.67. The molecule has 1 aromatic heterocycles. The van der Waals surface area contributed by atoms with Gasteiger partial charge in [-0.3, -0.25) is 4.98 Å². The first-order valence-corrected chi connectivity index (χ1v) is 7.45. The van der Waals surface area contributed by atoms with Crippen molar-refractivity contribution in [2.75, 3.05) is 6.54 Å². The van der Waals surface area contributed by atoms with Gasteiger partial charge in [-0.25, -0.2) is 0 Å². The van der Waals surface area contributed by atoms with Crippen LogP contribution in [0.3, 0.4) is 0 Å². The quantitative estimate of drug-likeness (QED) is 0.874. The molecule has 0 radical (unpaired) electrons. The van der Waals surface area contributed by atoms with Gasteiger partial charge in [0.05, 0.1) is 0 Å². The minimum Gasteiger partial charge on any atom is -0.314 e. The predicted molar refractivity (Wildman–Crippen MR) is 85.3 cm³/mol. The Morgan fingerprint density at radius 3 is 2.70 bits per heavy atom. The normalized spacial score (nSPS) is 12.3. The number of aryl methyl sites for hydroxylation is 1. The number of aromatic nitrogens is 1. The number of halogens is 1. The Morgan fingerprint density at radius 2 is 2.05 bits per heavy atom. The molecule has 0 saturated heterocycles. The summed E-state index contributed by atoms with van der Waals surface area (Å²) in [6, 6.07) is 12.7. The molecule has 1 N–H and O–H groups in total. The molecule has 0 spiro atoms. The molecular weight excluding hydrogens is 268 g/mol. The molecule has 2 aromatic rings. The monoisotopic (exact) mass is 288 g/mol. The van der Waals surface area contributed by atoms with Crippen molar-refractivity contribution in [3.8, 4) is 0 Å². The highest BCUT2D eigenvalue weighted by Gasteiger charge is 2.12. The van der Waals surface area contributed by atoms with Crippen molar-refractivity contribution in [3.05, 3.63) is 64.4 Å². The summed E-state index contributed by atoms with van der Waals surface area (Å²) in [5.74, 6) is 0. The van der Waals surface area contributed by atoms with E-state index in [0.717, 1.165) is 30.1 Å². The van der Waals surface area contributed by atoms with E-state index < -0.39 is 0 Å². The molecule has 0 aliphatic heterocycles. The zero-order valence-corrected chi connectivity index (χ0v) is 12.8. The van der Waals surface area contributed by atoms with Gasteiger partial charge in [-0.05, 0) is 49.2 Å². The second-order valence-corrected chi connectivity index (χ2v) is 5.49. The molecule has 0 aliphatic carbocycles. The number of likely N-dealkylation sites (N-methyl/N-ethyl adjacent to an activating group) is 1. The topological polar surface area (TPSA) is 24.9 Å². The van der Waals surface area contributed by atoms with Gasteiger partial charge < -0.3 is 5.32 Å². The molecule has 0 amide bonds. The summed E-state index contributed by atoms with van der Waals surface area (Å²) < 4.78 is 0. The predicted octanol–water partition coefficient (Wildman–Crippen LogP) is 3.81. The summed E-state index contributed by atoms with van der Waals surface area (Å²) in [5.41, 5.74) is 3.50. The maximum absolute atomic E-state index is 6.33. The number of benzene rings is 1. The molecule has 2 nitrogen and oxygen atoms in total. The second-order valence-electron chi connectivity index (χ2n) is 5.08. The van der Waals surface area contributed by atoms with Crippen LogP contribution in [0, 0.1) is 6.92 Å². The summed E-state index contributed by atoms with van der Waals surface area (Å²) >= 11 is 6.33. The van der Waals surface area contributed by atoms with Crippen molar-refractivity contribution in [1.29, 1.82) is 0 Å². The van der Waals surface area contributed by atoms with Crippen LogP contribution in [-0.4, -0.2) is 17.6 Å². The summed E-state index contributed by atoms with van der Waals surface area (Å²) in [5, 5.41) is 4.38. The molecule has 1 heterocycles. The molecular formula is C17H21ClN2. The summed E-state index contributed by atoms with van der Waals surface area (Å²) in [4.78, 5) is 4.41. The lowest BCUT2D eigenvalue weighted by atomic mass is 10.0. The standard InChI is InChI=1S/C17H21ClN2/c1-3-19-16(12-15-6-4-5-9-20-15)11-14-8-7-13(2)10-17(14)18/h4-10,16,19H,3,11-12H2,1-2H3. The van der Waals surface area contributed by atoms with Crippen molar-refractivity contribution in [1.82, 2.24) is 10.3 Å². The lowest BCUT2D eigenvalue weighted by molar-refractivity contribution is 0.516. The average molecular weight is 289 g/mol. The van der Waals surface area contributed by atoms with E-state index in [9.17, 15) is 0 Å². The lowest BCUT2D eigenvalue weighted by Gasteiger charge is -2.18. The number of hydrogen-bond donors (Lipinski definition) is 1. The lowest BCUT2D eigenvalue weighted by Crippen LogP contribution is -2.33. The smallest absolute Gasteiger partial charge is 0.0441 e. The van der Waals surface area contributed by atoms with Crippen LogP contribution in [-0.2, 0) is 12.8 Å². The van der Waals surface area contributed by atoms with E-state index in [-0.39, 0.29) is 0 Å². The van der Waals surface area contributed by atoms with Gasteiger partial charge in [-0.2, -0.15) is 0 Å². The molecule has 1 aromatic carbocycles. The number of rotatable bonds is 6. The zero-order chi connectivity index (χ0) is 14.4. The third-order valence-electron chi connectivity index (χ3n) is 3.35. The summed E-state index contributed by atoms with van der Waals surface area (Å²) in [7, 11) is 0. The van der Waals surface area contributed by atoms with Gasteiger partial charge in [0.2, 0.25) is 0 Å². The Labute approximate surface area is 126 Å². The van der Waals surface area contributed by atoms with Crippen LogP contribution >= 0.6 is 11.6 Å². The fraction of sp³-hybridized carbons (Fsp3) is 0.353. The molecule has 0 fully saturated rings. The Bertz CT molecular complexity index is 540. The zero-order valence-electron chi connectivity index (χ0n) is 12.1. The van der Waals surface area contributed by atoms with Gasteiger partial charge >= 0.3 is 0 Å². The van der Waals surface area contributed by atoms with E-state index in [2.05, 4.69) is 42.3 Å². The van der Waals surface area contributed by atoms with Crippen LogP contribution < -0.4 is 5.32 Å². The first kappa shape index (κ1) is 15.0. The van der Waals surface area contributed by atoms with Crippen LogP contribution in [0.2, 0.25) is 5.02 Å². The highest BCUT2D eigenvalue weighted by Crippen LogP contribution is 2.20. The minimum absolute atomic E-state index is 0.357. The number of nitrogens with zero attached hydrogens (tertiary/aromatic N) is 1. The van der Waals surface area contributed by atoms with Crippen LogP contribution in [0.5, 0.6) is 0 Å². The molecule has 2 rings (SSSR count). The second kappa shape index (κ2) is 7.41. The van der Waals surface area contributed by atoms with Gasteiger partial charge in [-0.1, -0.05) is 36.7 Å². The van der Waals surface area contributed by atoms with Gasteiger partial charge in [0.1, 0.15) is 0 Å². The molecule has 3 heteroatoms. The number of hydrogen-bond acceptors (Lipinski definition) is 2. The van der Waals surface area contributed by atoms with Gasteiger partial charge in [-0.15, -0.1) is 0 Å². The molecule has 0 aliphatic rings. The number of nitrogens with one attached hydrogen (secondary N) is 1. The SMILES string of the molecule is CCNC(Cc1ccccn1)Cc1ccc(C)cc1Cl. The maximum Gasteiger partial charge on any atom is 0.0441 e. The van der Waals surface area contributed by atoms with Crippen LogP contribution in [0.15, 0.2) is 42.6 Å². The van der Waals surface area contributed by atoms with E-state index in [0.29, 0.717) is 6.04 Å². The Balaban J connectivity index is 2.09. The largest absolute Gasteiger partial charge is 0.314 e. The van der Waals surface area contributed by atoms with Gasteiger partial charge in [0.15, 0.2) is 0 Å². The first-order valence-electron chi connectivity index (χ1n) is 7.07. The number of pyridine rings is 1. The van der Waals surface area contributed by atoms with Crippen LogP contribution in [0.4, 0.5) is 0 Å². The van der Waals surface area contributed by atoms with Crippen molar-refractivity contribution >= 4 is 11.6 Å².